The Morgan fingerprint density at radius 2 is 1.80 bits per heavy atom. The molecule has 0 radical (unpaired) electrons. The Hall–Kier alpha value is -3.22. The lowest BCUT2D eigenvalue weighted by atomic mass is 10.1. The molecule has 0 fully saturated rings. The monoisotopic (exact) mass is 340 g/mol. The van der Waals surface area contributed by atoms with Gasteiger partial charge in [0.1, 0.15) is 6.61 Å². The van der Waals surface area contributed by atoms with E-state index in [1.165, 1.54) is 0 Å². The first-order chi connectivity index (χ1) is 12.2. The molecule has 0 saturated heterocycles. The van der Waals surface area contributed by atoms with E-state index < -0.39 is 6.10 Å². The Bertz CT molecular complexity index is 849. The zero-order valence-corrected chi connectivity index (χ0v) is 13.5. The van der Waals surface area contributed by atoms with E-state index in [-0.39, 0.29) is 19.3 Å². The van der Waals surface area contributed by atoms with Crippen molar-refractivity contribution in [2.75, 3.05) is 13.4 Å². The maximum absolute atomic E-state index is 12.3. The fraction of sp³-hybridized carbons (Fsp3) is 0.222. The minimum absolute atomic E-state index is 0.140. The van der Waals surface area contributed by atoms with Crippen molar-refractivity contribution in [3.8, 4) is 23.0 Å². The van der Waals surface area contributed by atoms with Crippen LogP contribution in [0.5, 0.6) is 23.0 Å². The van der Waals surface area contributed by atoms with Crippen LogP contribution in [-0.2, 0) is 4.79 Å². The lowest BCUT2D eigenvalue weighted by molar-refractivity contribution is -0.130. The lowest BCUT2D eigenvalue weighted by Crippen LogP contribution is -2.42. The van der Waals surface area contributed by atoms with Crippen LogP contribution >= 0.6 is 0 Å². The molecule has 0 aliphatic carbocycles. The van der Waals surface area contributed by atoms with Gasteiger partial charge in [0.05, 0.1) is 5.71 Å². The SMILES string of the molecule is C/C(=N\NC(=O)C1COc2ccccc2O1)c1ccc2c(c1)OCO2. The molecule has 0 spiro atoms. The molecule has 2 aromatic carbocycles. The number of carbonyl (C=O) groups excluding carboxylic acids is 1. The second-order valence-corrected chi connectivity index (χ2v) is 5.61. The van der Waals surface area contributed by atoms with Crippen LogP contribution in [-0.4, -0.2) is 31.1 Å². The van der Waals surface area contributed by atoms with Crippen molar-refractivity contribution in [1.29, 1.82) is 0 Å². The molecule has 4 rings (SSSR count). The third-order valence-electron chi connectivity index (χ3n) is 3.93. The van der Waals surface area contributed by atoms with Gasteiger partial charge in [-0.3, -0.25) is 4.79 Å². The number of amides is 1. The fourth-order valence-corrected chi connectivity index (χ4v) is 2.55. The van der Waals surface area contributed by atoms with Gasteiger partial charge >= 0.3 is 0 Å². The van der Waals surface area contributed by atoms with Gasteiger partial charge in [-0.1, -0.05) is 12.1 Å². The van der Waals surface area contributed by atoms with Gasteiger partial charge in [-0.15, -0.1) is 0 Å². The summed E-state index contributed by atoms with van der Waals surface area (Å²) in [5.74, 6) is 2.18. The van der Waals surface area contributed by atoms with Gasteiger partial charge in [0.15, 0.2) is 23.0 Å². The van der Waals surface area contributed by atoms with Crippen LogP contribution in [0, 0.1) is 0 Å². The molecule has 128 valence electrons. The van der Waals surface area contributed by atoms with Crippen molar-refractivity contribution >= 4 is 11.6 Å². The number of carbonyl (C=O) groups is 1. The highest BCUT2D eigenvalue weighted by Gasteiger charge is 2.27. The maximum Gasteiger partial charge on any atom is 0.284 e. The van der Waals surface area contributed by atoms with E-state index >= 15 is 0 Å². The molecule has 2 aliphatic rings. The number of hydrogen-bond donors (Lipinski definition) is 1. The minimum atomic E-state index is -0.747. The number of hydrogen-bond acceptors (Lipinski definition) is 6. The zero-order chi connectivity index (χ0) is 17.2. The van der Waals surface area contributed by atoms with E-state index in [0.717, 1.165) is 5.56 Å². The molecule has 2 heterocycles. The van der Waals surface area contributed by atoms with Crippen LogP contribution in [0.3, 0.4) is 0 Å². The number of rotatable bonds is 3. The smallest absolute Gasteiger partial charge is 0.284 e. The molecule has 7 nitrogen and oxygen atoms in total. The second-order valence-electron chi connectivity index (χ2n) is 5.61. The summed E-state index contributed by atoms with van der Waals surface area (Å²) in [6.07, 6.45) is -0.747. The predicted octanol–water partition coefficient (Wildman–Crippen LogP) is 2.10. The van der Waals surface area contributed by atoms with Crippen molar-refractivity contribution in [1.82, 2.24) is 5.43 Å². The highest BCUT2D eigenvalue weighted by Crippen LogP contribution is 2.33. The van der Waals surface area contributed by atoms with Crippen molar-refractivity contribution in [2.24, 2.45) is 5.10 Å². The van der Waals surface area contributed by atoms with Gasteiger partial charge in [0.25, 0.3) is 5.91 Å². The Labute approximate surface area is 144 Å². The Kier molecular flexibility index (Phi) is 3.89. The van der Waals surface area contributed by atoms with E-state index in [0.29, 0.717) is 28.7 Å². The third kappa shape index (κ3) is 3.08. The molecule has 1 atom stereocenters. The quantitative estimate of drug-likeness (QED) is 0.684. The van der Waals surface area contributed by atoms with Gasteiger partial charge in [0, 0.05) is 5.56 Å². The molecule has 7 heteroatoms. The number of hydrazone groups is 1. The largest absolute Gasteiger partial charge is 0.485 e. The molecule has 0 aromatic heterocycles. The van der Waals surface area contributed by atoms with Crippen molar-refractivity contribution in [2.45, 2.75) is 13.0 Å². The molecule has 1 amide bonds. The van der Waals surface area contributed by atoms with Gasteiger partial charge in [-0.25, -0.2) is 5.43 Å². The van der Waals surface area contributed by atoms with Gasteiger partial charge < -0.3 is 18.9 Å². The van der Waals surface area contributed by atoms with Crippen LogP contribution in [0.2, 0.25) is 0 Å². The van der Waals surface area contributed by atoms with Gasteiger partial charge in [0.2, 0.25) is 12.9 Å². The van der Waals surface area contributed by atoms with Crippen LogP contribution in [0.1, 0.15) is 12.5 Å². The van der Waals surface area contributed by atoms with Gasteiger partial charge in [-0.05, 0) is 37.3 Å². The summed E-state index contributed by atoms with van der Waals surface area (Å²) in [7, 11) is 0. The molecule has 25 heavy (non-hydrogen) atoms. The molecule has 0 saturated carbocycles. The molecule has 1 N–H and O–H groups in total. The average Bonchev–Trinajstić information content (AvgIpc) is 3.13. The molecule has 2 aliphatic heterocycles. The van der Waals surface area contributed by atoms with E-state index in [1.807, 2.05) is 30.3 Å². The van der Waals surface area contributed by atoms with Crippen LogP contribution in [0.15, 0.2) is 47.6 Å². The molecular weight excluding hydrogens is 324 g/mol. The molecule has 0 bridgehead atoms. The summed E-state index contributed by atoms with van der Waals surface area (Å²) in [4.78, 5) is 12.3. The van der Waals surface area contributed by atoms with E-state index in [4.69, 9.17) is 18.9 Å². The standard InChI is InChI=1S/C18H16N2O5/c1-11(12-6-7-14-16(8-12)24-10-23-14)19-20-18(21)17-9-22-13-4-2-3-5-15(13)25-17/h2-8,17H,9-10H2,1H3,(H,20,21)/b19-11+. The Morgan fingerprint density at radius 1 is 1.04 bits per heavy atom. The van der Waals surface area contributed by atoms with Crippen LogP contribution in [0.25, 0.3) is 0 Å². The van der Waals surface area contributed by atoms with Crippen molar-refractivity contribution in [3.05, 3.63) is 48.0 Å². The fourth-order valence-electron chi connectivity index (χ4n) is 2.55. The molecule has 2 aromatic rings. The van der Waals surface area contributed by atoms with E-state index in [1.54, 1.807) is 19.1 Å². The van der Waals surface area contributed by atoms with Crippen LogP contribution in [0.4, 0.5) is 0 Å². The Balaban J connectivity index is 1.42. The first-order valence-corrected chi connectivity index (χ1v) is 7.83. The van der Waals surface area contributed by atoms with Crippen molar-refractivity contribution in [3.63, 3.8) is 0 Å². The molecule has 1 unspecified atom stereocenters. The summed E-state index contributed by atoms with van der Waals surface area (Å²) < 4.78 is 21.8. The number of benzene rings is 2. The number of ether oxygens (including phenoxy) is 4. The second kappa shape index (κ2) is 6.35. The van der Waals surface area contributed by atoms with Crippen molar-refractivity contribution < 1.29 is 23.7 Å². The summed E-state index contributed by atoms with van der Waals surface area (Å²) in [6, 6.07) is 12.7. The van der Waals surface area contributed by atoms with Gasteiger partial charge in [-0.2, -0.15) is 5.10 Å². The summed E-state index contributed by atoms with van der Waals surface area (Å²) in [5, 5.41) is 4.14. The average molecular weight is 340 g/mol. The normalized spacial score (nSPS) is 18.0. The summed E-state index contributed by atoms with van der Waals surface area (Å²) >= 11 is 0. The maximum atomic E-state index is 12.3. The molecular formula is C18H16N2O5. The highest BCUT2D eigenvalue weighted by atomic mass is 16.7. The summed E-state index contributed by atoms with van der Waals surface area (Å²) in [5.41, 5.74) is 3.99. The summed E-state index contributed by atoms with van der Waals surface area (Å²) in [6.45, 7) is 2.15. The predicted molar refractivity (Wildman–Crippen MR) is 89.3 cm³/mol. The lowest BCUT2D eigenvalue weighted by Gasteiger charge is -2.24. The number of fused-ring (bicyclic) bond motifs is 2. The number of nitrogens with zero attached hydrogens (tertiary/aromatic N) is 1. The van der Waals surface area contributed by atoms with Crippen LogP contribution < -0.4 is 24.4 Å². The minimum Gasteiger partial charge on any atom is -0.485 e. The number of nitrogens with one attached hydrogen (secondary N) is 1. The highest BCUT2D eigenvalue weighted by molar-refractivity contribution is 6.00. The Morgan fingerprint density at radius 3 is 2.68 bits per heavy atom. The third-order valence-corrected chi connectivity index (χ3v) is 3.93. The van der Waals surface area contributed by atoms with E-state index in [2.05, 4.69) is 10.5 Å². The number of para-hydroxylation sites is 2. The zero-order valence-electron chi connectivity index (χ0n) is 13.5. The van der Waals surface area contributed by atoms with E-state index in [9.17, 15) is 4.79 Å². The first kappa shape index (κ1) is 15.3. The topological polar surface area (TPSA) is 78.4 Å². The first-order valence-electron chi connectivity index (χ1n) is 7.83.